The number of carbonyl (C=O) groups is 3. The van der Waals surface area contributed by atoms with Crippen molar-refractivity contribution in [2.75, 3.05) is 6.61 Å². The highest BCUT2D eigenvalue weighted by atomic mass is 32.2. The highest BCUT2D eigenvalue weighted by molar-refractivity contribution is 8.01. The lowest BCUT2D eigenvalue weighted by molar-refractivity contribution is -0.132. The van der Waals surface area contributed by atoms with Gasteiger partial charge in [0.1, 0.15) is 17.5 Å². The predicted molar refractivity (Wildman–Crippen MR) is 132 cm³/mol. The fourth-order valence-electron chi connectivity index (χ4n) is 4.66. The van der Waals surface area contributed by atoms with Crippen LogP contribution in [0.5, 0.6) is 0 Å². The van der Waals surface area contributed by atoms with Crippen molar-refractivity contribution in [3.8, 4) is 0 Å². The van der Waals surface area contributed by atoms with Crippen LogP contribution >= 0.6 is 11.8 Å². The number of amides is 3. The Kier molecular flexibility index (Phi) is 6.73. The number of nitrogens with zero attached hydrogens (tertiary/aromatic N) is 1. The Labute approximate surface area is 204 Å². The monoisotopic (exact) mass is 481 g/mol. The highest BCUT2D eigenvalue weighted by Crippen LogP contribution is 2.56. The number of rotatable bonds is 7. The van der Waals surface area contributed by atoms with Gasteiger partial charge in [0.15, 0.2) is 0 Å². The van der Waals surface area contributed by atoms with Crippen LogP contribution in [0.4, 0.5) is 0 Å². The molecule has 2 aromatic rings. The Morgan fingerprint density at radius 1 is 1.06 bits per heavy atom. The van der Waals surface area contributed by atoms with E-state index in [4.69, 9.17) is 0 Å². The molecule has 7 nitrogen and oxygen atoms in total. The third-order valence-electron chi connectivity index (χ3n) is 6.56. The van der Waals surface area contributed by atoms with Gasteiger partial charge in [-0.05, 0) is 37.0 Å². The van der Waals surface area contributed by atoms with E-state index in [2.05, 4.69) is 10.6 Å². The molecule has 4 atom stereocenters. The number of aliphatic hydroxyl groups is 1. The van der Waals surface area contributed by atoms with Gasteiger partial charge in [-0.15, -0.1) is 11.8 Å². The zero-order valence-electron chi connectivity index (χ0n) is 19.8. The first-order chi connectivity index (χ1) is 16.2. The van der Waals surface area contributed by atoms with Gasteiger partial charge < -0.3 is 20.6 Å². The van der Waals surface area contributed by atoms with Crippen LogP contribution in [0.15, 0.2) is 54.6 Å². The van der Waals surface area contributed by atoms with Crippen molar-refractivity contribution in [3.63, 3.8) is 0 Å². The summed E-state index contributed by atoms with van der Waals surface area (Å²) < 4.78 is -0.554. The molecule has 0 saturated carbocycles. The van der Waals surface area contributed by atoms with Crippen molar-refractivity contribution in [1.82, 2.24) is 15.5 Å². The minimum Gasteiger partial charge on any atom is -0.394 e. The summed E-state index contributed by atoms with van der Waals surface area (Å²) in [5.41, 5.74) is 2.17. The Morgan fingerprint density at radius 3 is 2.35 bits per heavy atom. The lowest BCUT2D eigenvalue weighted by atomic mass is 9.98. The summed E-state index contributed by atoms with van der Waals surface area (Å²) in [7, 11) is 0. The maximum atomic E-state index is 13.7. The van der Waals surface area contributed by atoms with E-state index in [9.17, 15) is 19.5 Å². The van der Waals surface area contributed by atoms with Crippen LogP contribution in [-0.4, -0.2) is 51.2 Å². The molecule has 2 heterocycles. The SMILES string of the molecule is CC(C)[C@@H](CO)NC(=O)[C@@H](NC(=O)[C@@H]1N2C(=O)c3ccccc3[C@H]2SC1(C)C)c1ccccc1. The average Bonchev–Trinajstić information content (AvgIpc) is 3.24. The first-order valence-corrected chi connectivity index (χ1v) is 12.4. The van der Waals surface area contributed by atoms with Crippen LogP contribution in [0.25, 0.3) is 0 Å². The van der Waals surface area contributed by atoms with E-state index in [1.807, 2.05) is 52.0 Å². The first kappa shape index (κ1) is 24.3. The maximum Gasteiger partial charge on any atom is 0.256 e. The van der Waals surface area contributed by atoms with Gasteiger partial charge >= 0.3 is 0 Å². The topological polar surface area (TPSA) is 98.7 Å². The van der Waals surface area contributed by atoms with E-state index in [0.717, 1.165) is 5.56 Å². The van der Waals surface area contributed by atoms with Crippen LogP contribution in [0, 0.1) is 5.92 Å². The second kappa shape index (κ2) is 9.43. The Morgan fingerprint density at radius 2 is 1.71 bits per heavy atom. The summed E-state index contributed by atoms with van der Waals surface area (Å²) in [5.74, 6) is -0.925. The van der Waals surface area contributed by atoms with E-state index >= 15 is 0 Å². The first-order valence-electron chi connectivity index (χ1n) is 11.5. The third-order valence-corrected chi connectivity index (χ3v) is 8.09. The highest BCUT2D eigenvalue weighted by Gasteiger charge is 2.57. The molecule has 4 rings (SSSR count). The molecule has 0 aliphatic carbocycles. The van der Waals surface area contributed by atoms with Crippen molar-refractivity contribution in [2.24, 2.45) is 5.92 Å². The van der Waals surface area contributed by atoms with Crippen LogP contribution in [0.3, 0.4) is 0 Å². The standard InChI is InChI=1S/C26H31N3O4S/c1-15(2)19(14-30)27-22(31)20(16-10-6-5-7-11-16)28-23(32)21-26(3,4)34-25-18-13-9-8-12-17(18)24(33)29(21)25/h5-13,15,19-21,25,30H,14H2,1-4H3,(H,27,31)(H,28,32)/t19-,20+,21+,25-/m1/s1. The van der Waals surface area contributed by atoms with Gasteiger partial charge in [0, 0.05) is 10.3 Å². The number of fused-ring (bicyclic) bond motifs is 3. The van der Waals surface area contributed by atoms with Gasteiger partial charge in [0.05, 0.1) is 12.6 Å². The lowest BCUT2D eigenvalue weighted by Gasteiger charge is -2.31. The van der Waals surface area contributed by atoms with E-state index in [0.29, 0.717) is 11.1 Å². The van der Waals surface area contributed by atoms with E-state index in [1.54, 1.807) is 47.0 Å². The van der Waals surface area contributed by atoms with Crippen LogP contribution in [0.1, 0.15) is 60.6 Å². The predicted octanol–water partition coefficient (Wildman–Crippen LogP) is 3.03. The largest absolute Gasteiger partial charge is 0.394 e. The second-order valence-electron chi connectivity index (χ2n) is 9.67. The summed E-state index contributed by atoms with van der Waals surface area (Å²) in [6.07, 6.45) is 0. The fraction of sp³-hybridized carbons (Fsp3) is 0.423. The number of hydrogen-bond donors (Lipinski definition) is 3. The molecule has 8 heteroatoms. The van der Waals surface area contributed by atoms with Gasteiger partial charge in [-0.2, -0.15) is 0 Å². The van der Waals surface area contributed by atoms with Gasteiger partial charge in [-0.3, -0.25) is 14.4 Å². The van der Waals surface area contributed by atoms with E-state index < -0.39 is 28.8 Å². The molecule has 0 aromatic heterocycles. The van der Waals surface area contributed by atoms with Gasteiger partial charge in [0.2, 0.25) is 11.8 Å². The number of hydrogen-bond acceptors (Lipinski definition) is 5. The van der Waals surface area contributed by atoms with Crippen LogP contribution in [0.2, 0.25) is 0 Å². The number of nitrogens with one attached hydrogen (secondary N) is 2. The minimum atomic E-state index is -0.957. The number of aliphatic hydroxyl groups excluding tert-OH is 1. The molecule has 3 N–H and O–H groups in total. The summed E-state index contributed by atoms with van der Waals surface area (Å²) in [4.78, 5) is 41.9. The average molecular weight is 482 g/mol. The molecule has 2 aliphatic rings. The molecule has 1 fully saturated rings. The molecule has 0 unspecified atom stereocenters. The number of carbonyl (C=O) groups excluding carboxylic acids is 3. The van der Waals surface area contributed by atoms with E-state index in [-0.39, 0.29) is 29.7 Å². The molecular weight excluding hydrogens is 450 g/mol. The zero-order chi connectivity index (χ0) is 24.6. The maximum absolute atomic E-state index is 13.7. The molecule has 2 aromatic carbocycles. The van der Waals surface area contributed by atoms with Gasteiger partial charge in [0.25, 0.3) is 5.91 Å². The Bertz CT molecular complexity index is 1090. The van der Waals surface area contributed by atoms with Gasteiger partial charge in [-0.25, -0.2) is 0 Å². The number of thioether (sulfide) groups is 1. The normalized spacial score (nSPS) is 22.2. The molecule has 180 valence electrons. The Balaban J connectivity index is 1.62. The summed E-state index contributed by atoms with van der Waals surface area (Å²) >= 11 is 1.58. The van der Waals surface area contributed by atoms with Crippen molar-refractivity contribution in [1.29, 1.82) is 0 Å². The lowest BCUT2D eigenvalue weighted by Crippen LogP contribution is -2.55. The molecule has 1 saturated heterocycles. The third kappa shape index (κ3) is 4.32. The molecular formula is C26H31N3O4S. The molecule has 2 aliphatic heterocycles. The number of benzene rings is 2. The summed E-state index contributed by atoms with van der Waals surface area (Å²) in [6, 6.07) is 14.3. The van der Waals surface area contributed by atoms with Crippen LogP contribution < -0.4 is 10.6 Å². The second-order valence-corrected chi connectivity index (χ2v) is 11.4. The van der Waals surface area contributed by atoms with Crippen molar-refractivity contribution >= 4 is 29.5 Å². The minimum absolute atomic E-state index is 0.0210. The molecule has 0 spiro atoms. The summed E-state index contributed by atoms with van der Waals surface area (Å²) in [6.45, 7) is 7.52. The molecule has 0 radical (unpaired) electrons. The quantitative estimate of drug-likeness (QED) is 0.565. The van der Waals surface area contributed by atoms with Crippen LogP contribution in [-0.2, 0) is 9.59 Å². The summed E-state index contributed by atoms with van der Waals surface area (Å²) in [5, 5.41) is 15.2. The van der Waals surface area contributed by atoms with Crippen molar-refractivity contribution in [2.45, 2.75) is 55.9 Å². The van der Waals surface area contributed by atoms with Crippen molar-refractivity contribution in [3.05, 3.63) is 71.3 Å². The molecule has 0 bridgehead atoms. The zero-order valence-corrected chi connectivity index (χ0v) is 20.6. The molecule has 34 heavy (non-hydrogen) atoms. The fourth-order valence-corrected chi connectivity index (χ4v) is 6.25. The Hall–Kier alpha value is -2.84. The van der Waals surface area contributed by atoms with Crippen molar-refractivity contribution < 1.29 is 19.5 Å². The van der Waals surface area contributed by atoms with Gasteiger partial charge in [-0.1, -0.05) is 62.4 Å². The van der Waals surface area contributed by atoms with E-state index in [1.165, 1.54) is 0 Å². The molecule has 3 amide bonds. The smallest absolute Gasteiger partial charge is 0.256 e.